The lowest BCUT2D eigenvalue weighted by atomic mass is 10.3. The molecule has 2 aromatic rings. The van der Waals surface area contributed by atoms with Crippen LogP contribution >= 0.6 is 0 Å². The largest absolute Gasteiger partial charge is 0.273 e. The topological polar surface area (TPSA) is 96.5 Å². The highest BCUT2D eigenvalue weighted by Gasteiger charge is 2.07. The lowest BCUT2D eigenvalue weighted by Crippen LogP contribution is -2.04. The van der Waals surface area contributed by atoms with Crippen LogP contribution in [0.4, 0.5) is 5.82 Å². The Morgan fingerprint density at radius 1 is 1.67 bits per heavy atom. The molecule has 2 heterocycles. The third-order valence-electron chi connectivity index (χ3n) is 1.87. The molecule has 0 N–H and O–H groups in total. The van der Waals surface area contributed by atoms with Crippen molar-refractivity contribution < 1.29 is 4.79 Å². The van der Waals surface area contributed by atoms with E-state index >= 15 is 0 Å². The maximum absolute atomic E-state index is 11.1. The van der Waals surface area contributed by atoms with Crippen molar-refractivity contribution in [2.45, 2.75) is 6.92 Å². The van der Waals surface area contributed by atoms with Gasteiger partial charge < -0.3 is 0 Å². The minimum absolute atomic E-state index is 0.176. The summed E-state index contributed by atoms with van der Waals surface area (Å²) in [6.45, 7) is 1.40. The van der Waals surface area contributed by atoms with E-state index in [2.05, 4.69) is 20.1 Å². The summed E-state index contributed by atoms with van der Waals surface area (Å²) in [7, 11) is 0. The Morgan fingerprint density at radius 3 is 3.13 bits per heavy atom. The Morgan fingerprint density at radius 2 is 2.47 bits per heavy atom. The summed E-state index contributed by atoms with van der Waals surface area (Å²) >= 11 is 0. The molecule has 0 aliphatic carbocycles. The third kappa shape index (κ3) is 1.51. The number of carbonyl (C=O) groups excluding carboxylic acids is 1. The van der Waals surface area contributed by atoms with Crippen molar-refractivity contribution in [3.63, 3.8) is 0 Å². The number of nitrogens with zero attached hydrogens (tertiary/aromatic N) is 6. The van der Waals surface area contributed by atoms with Crippen molar-refractivity contribution in [1.29, 1.82) is 0 Å². The maximum Gasteiger partial charge on any atom is 0.243 e. The molecule has 0 fully saturated rings. The van der Waals surface area contributed by atoms with Gasteiger partial charge in [-0.2, -0.15) is 5.10 Å². The third-order valence-corrected chi connectivity index (χ3v) is 1.87. The van der Waals surface area contributed by atoms with Crippen LogP contribution in [0.5, 0.6) is 0 Å². The normalized spacial score (nSPS) is 9.93. The first kappa shape index (κ1) is 9.17. The van der Waals surface area contributed by atoms with Gasteiger partial charge >= 0.3 is 0 Å². The molecule has 7 nitrogen and oxygen atoms in total. The van der Waals surface area contributed by atoms with E-state index in [4.69, 9.17) is 5.53 Å². The quantitative estimate of drug-likeness (QED) is 0.402. The van der Waals surface area contributed by atoms with Crippen LogP contribution in [0.15, 0.2) is 23.6 Å². The molecule has 0 aromatic carbocycles. The number of fused-ring (bicyclic) bond motifs is 1. The molecular weight excluding hydrogens is 196 g/mol. The standard InChI is InChI=1S/C8H6N6O/c1-5(15)14-4-6-2-3-10-8(11-13-9)7(6)12-14/h2-4H,1H3. The van der Waals surface area contributed by atoms with Gasteiger partial charge in [0.1, 0.15) is 5.52 Å². The fourth-order valence-corrected chi connectivity index (χ4v) is 1.21. The van der Waals surface area contributed by atoms with Gasteiger partial charge in [-0.15, -0.1) is 0 Å². The van der Waals surface area contributed by atoms with Crippen molar-refractivity contribution in [3.8, 4) is 0 Å². The number of carbonyl (C=O) groups is 1. The number of azide groups is 1. The van der Waals surface area contributed by atoms with Crippen molar-refractivity contribution >= 4 is 22.6 Å². The summed E-state index contributed by atoms with van der Waals surface area (Å²) in [5.74, 6) is -0.0342. The molecule has 0 aliphatic rings. The average molecular weight is 202 g/mol. The smallest absolute Gasteiger partial charge is 0.243 e. The van der Waals surface area contributed by atoms with Crippen molar-refractivity contribution in [1.82, 2.24) is 14.8 Å². The van der Waals surface area contributed by atoms with E-state index in [1.54, 1.807) is 12.3 Å². The highest BCUT2D eigenvalue weighted by Crippen LogP contribution is 2.21. The minimum atomic E-state index is -0.210. The summed E-state index contributed by atoms with van der Waals surface area (Å²) in [5.41, 5.74) is 8.73. The first-order valence-corrected chi connectivity index (χ1v) is 4.13. The number of hydrogen-bond acceptors (Lipinski definition) is 4. The molecule has 0 atom stereocenters. The lowest BCUT2D eigenvalue weighted by molar-refractivity contribution is 0.0922. The van der Waals surface area contributed by atoms with Crippen LogP contribution in [0.1, 0.15) is 11.7 Å². The van der Waals surface area contributed by atoms with E-state index in [0.29, 0.717) is 10.9 Å². The molecule has 7 heteroatoms. The second-order valence-electron chi connectivity index (χ2n) is 2.85. The second kappa shape index (κ2) is 3.39. The van der Waals surface area contributed by atoms with E-state index in [1.165, 1.54) is 17.8 Å². The number of rotatable bonds is 1. The van der Waals surface area contributed by atoms with Gasteiger partial charge in [0.25, 0.3) is 0 Å². The summed E-state index contributed by atoms with van der Waals surface area (Å²) < 4.78 is 1.18. The molecule has 0 saturated heterocycles. The first-order valence-electron chi connectivity index (χ1n) is 4.13. The Bertz CT molecular complexity index is 580. The second-order valence-corrected chi connectivity index (χ2v) is 2.85. The van der Waals surface area contributed by atoms with Crippen LogP contribution in [0.2, 0.25) is 0 Å². The molecule has 74 valence electrons. The zero-order valence-electron chi connectivity index (χ0n) is 7.82. The van der Waals surface area contributed by atoms with Gasteiger partial charge in [0.15, 0.2) is 5.82 Å². The van der Waals surface area contributed by atoms with Crippen LogP contribution in [0, 0.1) is 0 Å². The highest BCUT2D eigenvalue weighted by molar-refractivity contribution is 5.89. The Balaban J connectivity index is 2.74. The number of pyridine rings is 1. The molecule has 0 saturated carbocycles. The molecule has 0 unspecified atom stereocenters. The number of aromatic nitrogens is 3. The molecule has 15 heavy (non-hydrogen) atoms. The molecule has 2 rings (SSSR count). The number of hydrogen-bond donors (Lipinski definition) is 0. The zero-order chi connectivity index (χ0) is 10.8. The van der Waals surface area contributed by atoms with Crippen molar-refractivity contribution in [2.24, 2.45) is 5.11 Å². The van der Waals surface area contributed by atoms with Crippen LogP contribution in [-0.2, 0) is 0 Å². The van der Waals surface area contributed by atoms with Crippen molar-refractivity contribution in [2.75, 3.05) is 0 Å². The molecular formula is C8H6N6O. The SMILES string of the molecule is CC(=O)n1cc2ccnc(N=[N+]=[N-])c2n1. The van der Waals surface area contributed by atoms with Crippen molar-refractivity contribution in [3.05, 3.63) is 28.9 Å². The van der Waals surface area contributed by atoms with E-state index in [0.717, 1.165) is 0 Å². The van der Waals surface area contributed by atoms with Crippen LogP contribution in [0.3, 0.4) is 0 Å². The predicted molar refractivity (Wildman–Crippen MR) is 52.6 cm³/mol. The fourth-order valence-electron chi connectivity index (χ4n) is 1.21. The molecule has 0 radical (unpaired) electrons. The monoisotopic (exact) mass is 202 g/mol. The molecule has 2 aromatic heterocycles. The van der Waals surface area contributed by atoms with Crippen LogP contribution in [-0.4, -0.2) is 20.7 Å². The average Bonchev–Trinajstić information content (AvgIpc) is 2.63. The maximum atomic E-state index is 11.1. The predicted octanol–water partition coefficient (Wildman–Crippen LogP) is 2.03. The van der Waals surface area contributed by atoms with Crippen LogP contribution in [0.25, 0.3) is 21.3 Å². The van der Waals surface area contributed by atoms with Crippen LogP contribution < -0.4 is 0 Å². The summed E-state index contributed by atoms with van der Waals surface area (Å²) in [5, 5.41) is 8.07. The summed E-state index contributed by atoms with van der Waals surface area (Å²) in [4.78, 5) is 17.6. The van der Waals surface area contributed by atoms with Gasteiger partial charge in [0.2, 0.25) is 5.91 Å². The fraction of sp³-hybridized carbons (Fsp3) is 0.125. The Hall–Kier alpha value is -2.40. The zero-order valence-corrected chi connectivity index (χ0v) is 7.82. The van der Waals surface area contributed by atoms with E-state index in [-0.39, 0.29) is 11.7 Å². The highest BCUT2D eigenvalue weighted by atomic mass is 16.2. The molecule has 0 bridgehead atoms. The molecule has 0 spiro atoms. The van der Waals surface area contributed by atoms with Gasteiger partial charge in [-0.3, -0.25) is 9.78 Å². The van der Waals surface area contributed by atoms with E-state index in [1.807, 2.05) is 0 Å². The van der Waals surface area contributed by atoms with E-state index in [9.17, 15) is 4.79 Å². The lowest BCUT2D eigenvalue weighted by Gasteiger charge is -1.90. The molecule has 0 amide bonds. The van der Waals surface area contributed by atoms with Gasteiger partial charge in [0.05, 0.1) is 0 Å². The Labute approximate surface area is 84.0 Å². The summed E-state index contributed by atoms with van der Waals surface area (Å²) in [6.07, 6.45) is 3.06. The van der Waals surface area contributed by atoms with Gasteiger partial charge in [-0.25, -0.2) is 4.68 Å². The first-order chi connectivity index (χ1) is 7.22. The minimum Gasteiger partial charge on any atom is -0.273 e. The summed E-state index contributed by atoms with van der Waals surface area (Å²) in [6, 6.07) is 1.69. The Kier molecular flexibility index (Phi) is 2.07. The van der Waals surface area contributed by atoms with E-state index < -0.39 is 0 Å². The van der Waals surface area contributed by atoms with Gasteiger partial charge in [-0.05, 0) is 16.7 Å². The van der Waals surface area contributed by atoms with Gasteiger partial charge in [-0.1, -0.05) is 0 Å². The van der Waals surface area contributed by atoms with Gasteiger partial charge in [0, 0.05) is 29.6 Å². The molecule has 0 aliphatic heterocycles.